The SMILES string of the molecule is CCC(=O)O[C@]1(C(=O)SCF)CC[C@H]2[C@@H]3CCC4=Cc5c(cnn5-c5cccc(C(=O)NCCSC)c5)C[C@]4(C)[C@H]3[C@@H](O)C[C@@]21C. The Morgan fingerprint density at radius 1 is 1.24 bits per heavy atom. The molecule has 0 bridgehead atoms. The summed E-state index contributed by atoms with van der Waals surface area (Å²) in [7, 11) is 0. The number of fused-ring (bicyclic) bond motifs is 6. The van der Waals surface area contributed by atoms with Gasteiger partial charge in [-0.15, -0.1) is 0 Å². The quantitative estimate of drug-likeness (QED) is 0.247. The number of hydrogen-bond acceptors (Lipinski definition) is 8. The highest BCUT2D eigenvalue weighted by atomic mass is 32.2. The summed E-state index contributed by atoms with van der Waals surface area (Å²) in [4.78, 5) is 38.9. The van der Waals surface area contributed by atoms with E-state index in [1.165, 1.54) is 5.57 Å². The van der Waals surface area contributed by atoms with Gasteiger partial charge in [-0.25, -0.2) is 9.07 Å². The molecule has 0 radical (unpaired) electrons. The summed E-state index contributed by atoms with van der Waals surface area (Å²) in [5.74, 6) is 0.415. The predicted octanol–water partition coefficient (Wildman–Crippen LogP) is 6.00. The zero-order valence-corrected chi connectivity index (χ0v) is 28.6. The number of alkyl halides is 1. The van der Waals surface area contributed by atoms with Crippen molar-refractivity contribution in [3.05, 3.63) is 52.9 Å². The molecule has 2 N–H and O–H groups in total. The topological polar surface area (TPSA) is 111 Å². The third-order valence-corrected chi connectivity index (χ3v) is 12.9. The molecule has 248 valence electrons. The van der Waals surface area contributed by atoms with Crippen LogP contribution in [0.5, 0.6) is 0 Å². The Morgan fingerprint density at radius 3 is 2.78 bits per heavy atom. The molecule has 1 aromatic carbocycles. The smallest absolute Gasteiger partial charge is 0.306 e. The first-order valence-corrected chi connectivity index (χ1v) is 18.7. The van der Waals surface area contributed by atoms with Crippen LogP contribution in [0.3, 0.4) is 0 Å². The van der Waals surface area contributed by atoms with Gasteiger partial charge in [-0.1, -0.05) is 32.4 Å². The van der Waals surface area contributed by atoms with Crippen molar-refractivity contribution in [2.24, 2.45) is 28.6 Å². The predicted molar refractivity (Wildman–Crippen MR) is 179 cm³/mol. The number of ether oxygens (including phenoxy) is 1. The van der Waals surface area contributed by atoms with E-state index in [4.69, 9.17) is 9.84 Å². The zero-order chi connectivity index (χ0) is 32.9. The Balaban J connectivity index is 1.30. The van der Waals surface area contributed by atoms with E-state index in [1.54, 1.807) is 18.7 Å². The summed E-state index contributed by atoms with van der Waals surface area (Å²) in [6, 6.07) is 6.65. The van der Waals surface area contributed by atoms with Crippen molar-refractivity contribution in [2.45, 2.75) is 77.4 Å². The van der Waals surface area contributed by atoms with Crippen molar-refractivity contribution < 1.29 is 28.6 Å². The summed E-state index contributed by atoms with van der Waals surface area (Å²) in [5.41, 5.74) is 2.25. The number of thioether (sulfide) groups is 2. The van der Waals surface area contributed by atoms with Gasteiger partial charge in [0.15, 0.2) is 5.60 Å². The lowest BCUT2D eigenvalue weighted by molar-refractivity contribution is -0.196. The fourth-order valence-corrected chi connectivity index (χ4v) is 10.5. The van der Waals surface area contributed by atoms with Crippen molar-refractivity contribution in [1.29, 1.82) is 0 Å². The highest BCUT2D eigenvalue weighted by Gasteiger charge is 2.70. The molecule has 0 aliphatic heterocycles. The number of aliphatic hydroxyl groups excluding tert-OH is 1. The van der Waals surface area contributed by atoms with E-state index in [9.17, 15) is 23.9 Å². The van der Waals surface area contributed by atoms with Crippen molar-refractivity contribution >= 4 is 46.6 Å². The van der Waals surface area contributed by atoms with E-state index in [0.717, 1.165) is 42.0 Å². The minimum atomic E-state index is -1.44. The number of amides is 1. The Morgan fingerprint density at radius 2 is 2.04 bits per heavy atom. The molecule has 11 heteroatoms. The maximum absolute atomic E-state index is 13.5. The molecule has 8 nitrogen and oxygen atoms in total. The maximum atomic E-state index is 13.5. The number of esters is 1. The lowest BCUT2D eigenvalue weighted by atomic mass is 9.45. The molecule has 2 aromatic rings. The number of nitrogens with zero attached hydrogens (tertiary/aromatic N) is 2. The molecule has 4 aliphatic carbocycles. The second-order valence-corrected chi connectivity index (χ2v) is 15.7. The first-order valence-electron chi connectivity index (χ1n) is 16.3. The molecule has 3 saturated carbocycles. The van der Waals surface area contributed by atoms with E-state index >= 15 is 0 Å². The molecule has 1 amide bonds. The monoisotopic (exact) mass is 669 g/mol. The second kappa shape index (κ2) is 12.8. The number of halogens is 1. The number of allylic oxidation sites excluding steroid dienone is 1. The number of aliphatic hydroxyl groups is 1. The van der Waals surface area contributed by atoms with Gasteiger partial charge >= 0.3 is 5.97 Å². The highest BCUT2D eigenvalue weighted by molar-refractivity contribution is 8.13. The Kier molecular flexibility index (Phi) is 9.23. The van der Waals surface area contributed by atoms with Gasteiger partial charge in [-0.2, -0.15) is 16.9 Å². The number of carbonyl (C=O) groups excluding carboxylic acids is 3. The lowest BCUT2D eigenvalue weighted by Gasteiger charge is -2.60. The van der Waals surface area contributed by atoms with Crippen LogP contribution < -0.4 is 5.32 Å². The van der Waals surface area contributed by atoms with Gasteiger partial charge in [-0.05, 0) is 110 Å². The van der Waals surface area contributed by atoms with Crippen LogP contribution >= 0.6 is 23.5 Å². The van der Waals surface area contributed by atoms with Crippen LogP contribution in [0.25, 0.3) is 11.8 Å². The summed E-state index contributed by atoms with van der Waals surface area (Å²) < 4.78 is 21.4. The van der Waals surface area contributed by atoms with Crippen molar-refractivity contribution in [1.82, 2.24) is 15.1 Å². The van der Waals surface area contributed by atoms with Gasteiger partial charge in [0.2, 0.25) is 5.12 Å². The van der Waals surface area contributed by atoms with Crippen LogP contribution in [0.2, 0.25) is 0 Å². The normalized spacial score (nSPS) is 32.8. The molecule has 1 heterocycles. The molecular weight excluding hydrogens is 626 g/mol. The number of hydrogen-bond donors (Lipinski definition) is 2. The molecule has 0 saturated heterocycles. The van der Waals surface area contributed by atoms with E-state index in [1.807, 2.05) is 48.3 Å². The number of aromatic nitrogens is 2. The van der Waals surface area contributed by atoms with Crippen LogP contribution in [-0.2, 0) is 20.7 Å². The Hall–Kier alpha value is -2.63. The van der Waals surface area contributed by atoms with E-state index in [0.29, 0.717) is 43.1 Å². The number of rotatable bonds is 9. The van der Waals surface area contributed by atoms with Crippen LogP contribution in [0.1, 0.15) is 80.9 Å². The van der Waals surface area contributed by atoms with Crippen LogP contribution in [0.15, 0.2) is 36.0 Å². The minimum Gasteiger partial charge on any atom is -0.449 e. The Bertz CT molecular complexity index is 1560. The maximum Gasteiger partial charge on any atom is 0.306 e. The van der Waals surface area contributed by atoms with Crippen molar-refractivity contribution in [2.75, 3.05) is 24.6 Å². The van der Waals surface area contributed by atoms with Gasteiger partial charge in [0.05, 0.1) is 23.7 Å². The summed E-state index contributed by atoms with van der Waals surface area (Å²) in [6.45, 7) is 6.54. The number of carbonyl (C=O) groups is 3. The van der Waals surface area contributed by atoms with Crippen LogP contribution in [0.4, 0.5) is 4.39 Å². The number of nitrogens with one attached hydrogen (secondary N) is 1. The van der Waals surface area contributed by atoms with Crippen molar-refractivity contribution in [3.8, 4) is 5.69 Å². The van der Waals surface area contributed by atoms with Gasteiger partial charge in [0, 0.05) is 29.7 Å². The van der Waals surface area contributed by atoms with Gasteiger partial charge < -0.3 is 15.2 Å². The molecule has 46 heavy (non-hydrogen) atoms. The molecule has 0 unspecified atom stereocenters. The molecule has 3 fully saturated rings. The number of benzene rings is 1. The lowest BCUT2D eigenvalue weighted by Crippen LogP contribution is -2.62. The zero-order valence-electron chi connectivity index (χ0n) is 27.0. The standard InChI is InChI=1S/C35H44FN3O5S2/c1-5-29(41)44-35(32(43)46-20-36)12-11-26-25-10-9-23-16-27-22(17-33(23,2)30(25)28(40)18-34(26,35)3)19-38-39(27)24-8-6-7-21(15-24)31(42)37-13-14-45-4/h6-8,15-16,19,25-26,28,30,40H,5,9-14,17-18,20H2,1-4H3,(H,37,42)/t25-,26-,28-,30+,33-,34-,35-/m0/s1. The summed E-state index contributed by atoms with van der Waals surface area (Å²) in [6.07, 6.45) is 9.32. The third kappa shape index (κ3) is 5.25. The average Bonchev–Trinajstić information content (AvgIpc) is 3.57. The molecule has 6 rings (SSSR count). The fraction of sp³-hybridized carbons (Fsp3) is 0.600. The van der Waals surface area contributed by atoms with E-state index < -0.39 is 34.2 Å². The largest absolute Gasteiger partial charge is 0.449 e. The van der Waals surface area contributed by atoms with Crippen LogP contribution in [0, 0.1) is 28.6 Å². The first-order chi connectivity index (χ1) is 22.0. The van der Waals surface area contributed by atoms with Gasteiger partial charge in [0.1, 0.15) is 6.01 Å². The van der Waals surface area contributed by atoms with E-state index in [2.05, 4.69) is 18.3 Å². The molecule has 4 aliphatic rings. The third-order valence-electron chi connectivity index (χ3n) is 11.6. The fourth-order valence-electron chi connectivity index (χ4n) is 9.50. The average molecular weight is 670 g/mol. The molecule has 0 spiro atoms. The first kappa shape index (κ1) is 33.3. The van der Waals surface area contributed by atoms with Crippen molar-refractivity contribution in [3.63, 3.8) is 0 Å². The minimum absolute atomic E-state index is 0.0445. The Labute approximate surface area is 278 Å². The van der Waals surface area contributed by atoms with Gasteiger partial charge in [0.25, 0.3) is 5.91 Å². The van der Waals surface area contributed by atoms with Gasteiger partial charge in [-0.3, -0.25) is 14.4 Å². The second-order valence-electron chi connectivity index (χ2n) is 13.8. The molecule has 7 atom stereocenters. The molecular formula is C35H44FN3O5S2. The van der Waals surface area contributed by atoms with E-state index in [-0.39, 0.29) is 35.5 Å². The summed E-state index contributed by atoms with van der Waals surface area (Å²) >= 11 is 2.26. The molecule has 1 aromatic heterocycles. The van der Waals surface area contributed by atoms with Crippen LogP contribution in [-0.4, -0.2) is 68.1 Å². The summed E-state index contributed by atoms with van der Waals surface area (Å²) in [5, 5.41) is 19.3. The highest BCUT2D eigenvalue weighted by Crippen LogP contribution is 2.69.